The molecule has 0 aromatic heterocycles. The van der Waals surface area contributed by atoms with Crippen LogP contribution in [0.1, 0.15) is 57.6 Å². The Hall–Kier alpha value is -2.25. The van der Waals surface area contributed by atoms with Gasteiger partial charge in [-0.3, -0.25) is 0 Å². The summed E-state index contributed by atoms with van der Waals surface area (Å²) in [4.78, 5) is 0.267. The van der Waals surface area contributed by atoms with Crippen LogP contribution in [0.3, 0.4) is 0 Å². The fraction of sp³-hybridized carbons (Fsp3) is 0.364. The highest BCUT2D eigenvalue weighted by atomic mass is 32.2. The van der Waals surface area contributed by atoms with Gasteiger partial charge in [-0.05, 0) is 31.0 Å². The molecule has 0 fully saturated rings. The molecule has 0 spiro atoms. The van der Waals surface area contributed by atoms with Crippen molar-refractivity contribution >= 4 is 10.0 Å². The number of benzene rings is 2. The summed E-state index contributed by atoms with van der Waals surface area (Å²) in [7, 11) is -3.69. The zero-order chi connectivity index (χ0) is 18.8. The minimum absolute atomic E-state index is 0.267. The zero-order valence-electron chi connectivity index (χ0n) is 15.6. The van der Waals surface area contributed by atoms with E-state index in [9.17, 15) is 8.42 Å². The third kappa shape index (κ3) is 5.37. The topological polar surface area (TPSA) is 37.4 Å². The van der Waals surface area contributed by atoms with Crippen molar-refractivity contribution in [2.45, 2.75) is 56.9 Å². The summed E-state index contributed by atoms with van der Waals surface area (Å²) in [5.41, 5.74) is 0.923. The summed E-state index contributed by atoms with van der Waals surface area (Å²) in [6.07, 6.45) is 5.20. The van der Waals surface area contributed by atoms with E-state index in [1.807, 2.05) is 43.3 Å². The van der Waals surface area contributed by atoms with Crippen LogP contribution in [0.4, 0.5) is 0 Å². The van der Waals surface area contributed by atoms with Gasteiger partial charge in [-0.1, -0.05) is 80.6 Å². The van der Waals surface area contributed by atoms with Crippen LogP contribution < -0.4 is 0 Å². The Bertz CT molecular complexity index is 821. The second-order valence-corrected chi connectivity index (χ2v) is 8.11. The summed E-state index contributed by atoms with van der Waals surface area (Å²) in [5.74, 6) is 3.07. The fourth-order valence-corrected chi connectivity index (χ4v) is 4.16. The molecule has 0 radical (unpaired) electrons. The first-order valence-electron chi connectivity index (χ1n) is 9.20. The number of hydrogen-bond acceptors (Lipinski definition) is 2. The Labute approximate surface area is 158 Å². The average Bonchev–Trinajstić information content (AvgIpc) is 2.68. The first-order valence-corrected chi connectivity index (χ1v) is 10.6. The predicted molar refractivity (Wildman–Crippen MR) is 107 cm³/mol. The molecule has 2 rings (SSSR count). The summed E-state index contributed by atoms with van der Waals surface area (Å²) in [5, 5.41) is 0. The van der Waals surface area contributed by atoms with Crippen LogP contribution in [0.15, 0.2) is 65.6 Å². The van der Waals surface area contributed by atoms with E-state index in [0.29, 0.717) is 6.42 Å². The number of sulfonamides is 1. The van der Waals surface area contributed by atoms with E-state index < -0.39 is 10.0 Å². The largest absolute Gasteiger partial charge is 0.271 e. The number of unbranched alkanes of at least 4 members (excludes halogenated alkanes) is 4. The molecule has 2 aromatic carbocycles. The Morgan fingerprint density at radius 1 is 0.923 bits per heavy atom. The Morgan fingerprint density at radius 3 is 2.15 bits per heavy atom. The van der Waals surface area contributed by atoms with Crippen molar-refractivity contribution in [1.29, 1.82) is 0 Å². The molecular weight excluding hydrogens is 342 g/mol. The van der Waals surface area contributed by atoms with Crippen LogP contribution in [0.25, 0.3) is 0 Å². The van der Waals surface area contributed by atoms with Gasteiger partial charge in [0.15, 0.2) is 0 Å². The highest BCUT2D eigenvalue weighted by Gasteiger charge is 2.27. The van der Waals surface area contributed by atoms with Crippen molar-refractivity contribution in [2.24, 2.45) is 0 Å². The van der Waals surface area contributed by atoms with Crippen LogP contribution in [0.2, 0.25) is 0 Å². The smallest absolute Gasteiger partial charge is 0.217 e. The van der Waals surface area contributed by atoms with E-state index in [0.717, 1.165) is 18.4 Å². The van der Waals surface area contributed by atoms with Crippen LogP contribution in [0.5, 0.6) is 0 Å². The van der Waals surface area contributed by atoms with E-state index in [1.54, 1.807) is 24.3 Å². The number of rotatable bonds is 8. The molecule has 4 heteroatoms. The molecule has 0 aliphatic carbocycles. The van der Waals surface area contributed by atoms with Crippen LogP contribution in [-0.2, 0) is 10.0 Å². The lowest BCUT2D eigenvalue weighted by Crippen LogP contribution is -2.29. The van der Waals surface area contributed by atoms with E-state index in [1.165, 1.54) is 17.1 Å². The first kappa shape index (κ1) is 20.1. The van der Waals surface area contributed by atoms with Crippen molar-refractivity contribution in [1.82, 2.24) is 4.31 Å². The molecule has 1 atom stereocenters. The standard InChI is InChI=1S/C22H27NO2S/c1-3-4-5-6-7-14-19-23(20(2)21-15-10-8-11-16-21)26(24,25)22-17-12-9-13-18-22/h8-13,15-18,20H,3-7H2,1-2H3. The zero-order valence-corrected chi connectivity index (χ0v) is 16.4. The maximum Gasteiger partial charge on any atom is 0.271 e. The lowest BCUT2D eigenvalue weighted by molar-refractivity contribution is 0.446. The summed E-state index contributed by atoms with van der Waals surface area (Å²) in [6, 6.07) is 20.7. The Balaban J connectivity index is 2.29. The summed E-state index contributed by atoms with van der Waals surface area (Å²) < 4.78 is 27.6. The van der Waals surface area contributed by atoms with Gasteiger partial charge >= 0.3 is 0 Å². The van der Waals surface area contributed by atoms with E-state index in [2.05, 4.69) is 18.9 Å². The monoisotopic (exact) mass is 369 g/mol. The summed E-state index contributed by atoms with van der Waals surface area (Å²) in [6.45, 7) is 4.04. The van der Waals surface area contributed by atoms with Crippen molar-refractivity contribution in [2.75, 3.05) is 0 Å². The van der Waals surface area contributed by atoms with Gasteiger partial charge in [-0.2, -0.15) is 0 Å². The van der Waals surface area contributed by atoms with E-state index >= 15 is 0 Å². The molecule has 0 N–H and O–H groups in total. The third-order valence-electron chi connectivity index (χ3n) is 4.28. The highest BCUT2D eigenvalue weighted by Crippen LogP contribution is 2.26. The molecule has 0 saturated carbocycles. The van der Waals surface area contributed by atoms with Crippen molar-refractivity contribution in [3.8, 4) is 12.0 Å². The molecule has 2 aromatic rings. The predicted octanol–water partition coefficient (Wildman–Crippen LogP) is 5.37. The second kappa shape index (κ2) is 10.0. The molecular formula is C22H27NO2S. The van der Waals surface area contributed by atoms with E-state index in [-0.39, 0.29) is 10.9 Å². The fourth-order valence-electron chi connectivity index (χ4n) is 2.71. The van der Waals surface area contributed by atoms with Crippen molar-refractivity contribution in [3.63, 3.8) is 0 Å². The molecule has 1 unspecified atom stereocenters. The highest BCUT2D eigenvalue weighted by molar-refractivity contribution is 7.89. The lowest BCUT2D eigenvalue weighted by atomic mass is 10.1. The van der Waals surface area contributed by atoms with Gasteiger partial charge < -0.3 is 0 Å². The van der Waals surface area contributed by atoms with Crippen LogP contribution in [0, 0.1) is 12.0 Å². The van der Waals surface area contributed by atoms with Crippen molar-refractivity contribution < 1.29 is 8.42 Å². The molecule has 138 valence electrons. The number of nitrogens with zero attached hydrogens (tertiary/aromatic N) is 1. The van der Waals surface area contributed by atoms with Gasteiger partial charge in [-0.25, -0.2) is 12.7 Å². The van der Waals surface area contributed by atoms with Gasteiger partial charge in [-0.15, -0.1) is 0 Å². The van der Waals surface area contributed by atoms with Crippen molar-refractivity contribution in [3.05, 3.63) is 66.2 Å². The van der Waals surface area contributed by atoms with Crippen LogP contribution in [-0.4, -0.2) is 12.7 Å². The molecule has 0 aliphatic rings. The molecule has 0 heterocycles. The van der Waals surface area contributed by atoms with Gasteiger partial charge in [0.25, 0.3) is 10.0 Å². The lowest BCUT2D eigenvalue weighted by Gasteiger charge is -2.25. The second-order valence-electron chi connectivity index (χ2n) is 6.30. The quantitative estimate of drug-likeness (QED) is 0.356. The molecule has 3 nitrogen and oxygen atoms in total. The van der Waals surface area contributed by atoms with E-state index in [4.69, 9.17) is 0 Å². The first-order chi connectivity index (χ1) is 12.6. The number of hydrogen-bond donors (Lipinski definition) is 0. The SMILES string of the molecule is CCCCCCC#CN(C(C)c1ccccc1)S(=O)(=O)c1ccccc1. The van der Waals surface area contributed by atoms with Gasteiger partial charge in [0.1, 0.15) is 0 Å². The Morgan fingerprint density at radius 2 is 1.54 bits per heavy atom. The minimum Gasteiger partial charge on any atom is -0.217 e. The van der Waals surface area contributed by atoms with Crippen LogP contribution >= 0.6 is 0 Å². The molecule has 26 heavy (non-hydrogen) atoms. The maximum absolute atomic E-state index is 13.1. The molecule has 0 aliphatic heterocycles. The maximum atomic E-state index is 13.1. The average molecular weight is 370 g/mol. The molecule has 0 amide bonds. The van der Waals surface area contributed by atoms with Gasteiger partial charge in [0.2, 0.25) is 0 Å². The molecule has 0 bridgehead atoms. The van der Waals surface area contributed by atoms with Gasteiger partial charge in [0, 0.05) is 12.5 Å². The van der Waals surface area contributed by atoms with Gasteiger partial charge in [0.05, 0.1) is 10.9 Å². The minimum atomic E-state index is -3.69. The molecule has 0 saturated heterocycles. The Kier molecular flexibility index (Phi) is 7.74. The summed E-state index contributed by atoms with van der Waals surface area (Å²) >= 11 is 0. The third-order valence-corrected chi connectivity index (χ3v) is 6.07. The normalized spacial score (nSPS) is 12.1.